The number of nitrogens with two attached hydrogens (primary N) is 1. The Labute approximate surface area is 73.0 Å². The summed E-state index contributed by atoms with van der Waals surface area (Å²) >= 11 is 0. The predicted octanol–water partition coefficient (Wildman–Crippen LogP) is 1.30. The zero-order valence-corrected chi connectivity index (χ0v) is 7.54. The van der Waals surface area contributed by atoms with Crippen molar-refractivity contribution in [3.63, 3.8) is 0 Å². The Kier molecular flexibility index (Phi) is 2.84. The molecule has 2 nitrogen and oxygen atoms in total. The third-order valence-corrected chi connectivity index (χ3v) is 2.01. The lowest BCUT2D eigenvalue weighted by Gasteiger charge is -2.11. The highest BCUT2D eigenvalue weighted by atomic mass is 16.3. The topological polar surface area (TPSA) is 46.2 Å². The molecule has 0 aliphatic heterocycles. The summed E-state index contributed by atoms with van der Waals surface area (Å²) in [7, 11) is 0. The van der Waals surface area contributed by atoms with Crippen molar-refractivity contribution in [2.45, 2.75) is 20.0 Å². The largest absolute Gasteiger partial charge is 0.387 e. The molecule has 0 unspecified atom stereocenters. The Hall–Kier alpha value is -0.860. The number of aryl methyl sites for hydroxylation is 2. The van der Waals surface area contributed by atoms with Crippen LogP contribution < -0.4 is 5.73 Å². The van der Waals surface area contributed by atoms with Gasteiger partial charge < -0.3 is 10.8 Å². The molecule has 0 bridgehead atoms. The molecule has 66 valence electrons. The first-order valence-corrected chi connectivity index (χ1v) is 4.10. The van der Waals surface area contributed by atoms with Gasteiger partial charge in [-0.1, -0.05) is 23.8 Å². The number of aliphatic hydroxyl groups is 1. The van der Waals surface area contributed by atoms with Gasteiger partial charge in [0, 0.05) is 6.54 Å². The average Bonchev–Trinajstić information content (AvgIpc) is 2.03. The molecule has 1 rings (SSSR count). The molecule has 1 atom stereocenters. The lowest BCUT2D eigenvalue weighted by molar-refractivity contribution is 0.186. The first kappa shape index (κ1) is 9.23. The van der Waals surface area contributed by atoms with Crippen molar-refractivity contribution < 1.29 is 5.11 Å². The van der Waals surface area contributed by atoms with E-state index < -0.39 is 6.10 Å². The van der Waals surface area contributed by atoms with E-state index in [2.05, 4.69) is 0 Å². The van der Waals surface area contributed by atoms with Gasteiger partial charge in [0.25, 0.3) is 0 Å². The SMILES string of the molecule is Cc1ccc([C@H](O)CN)c(C)c1. The zero-order valence-electron chi connectivity index (χ0n) is 7.54. The van der Waals surface area contributed by atoms with Crippen molar-refractivity contribution >= 4 is 0 Å². The van der Waals surface area contributed by atoms with Crippen LogP contribution in [0, 0.1) is 13.8 Å². The highest BCUT2D eigenvalue weighted by molar-refractivity contribution is 5.31. The summed E-state index contributed by atoms with van der Waals surface area (Å²) in [6.45, 7) is 4.30. The quantitative estimate of drug-likeness (QED) is 0.693. The van der Waals surface area contributed by atoms with Gasteiger partial charge >= 0.3 is 0 Å². The molecule has 1 aromatic rings. The van der Waals surface area contributed by atoms with Gasteiger partial charge in [0.2, 0.25) is 0 Å². The number of hydrogen-bond donors (Lipinski definition) is 2. The van der Waals surface area contributed by atoms with E-state index in [1.54, 1.807) is 0 Å². The van der Waals surface area contributed by atoms with Gasteiger partial charge in [0.15, 0.2) is 0 Å². The smallest absolute Gasteiger partial charge is 0.0914 e. The highest BCUT2D eigenvalue weighted by Crippen LogP contribution is 2.17. The third-order valence-electron chi connectivity index (χ3n) is 2.01. The van der Waals surface area contributed by atoms with E-state index in [1.165, 1.54) is 5.56 Å². The molecule has 0 saturated heterocycles. The van der Waals surface area contributed by atoms with Crippen molar-refractivity contribution in [2.75, 3.05) is 6.54 Å². The van der Waals surface area contributed by atoms with E-state index in [4.69, 9.17) is 5.73 Å². The fraction of sp³-hybridized carbons (Fsp3) is 0.400. The monoisotopic (exact) mass is 165 g/mol. The van der Waals surface area contributed by atoms with Crippen LogP contribution in [0.3, 0.4) is 0 Å². The Balaban J connectivity index is 3.01. The molecule has 0 fully saturated rings. The molecule has 0 radical (unpaired) electrons. The van der Waals surface area contributed by atoms with Gasteiger partial charge in [0.1, 0.15) is 0 Å². The minimum atomic E-state index is -0.523. The number of aliphatic hydroxyl groups excluding tert-OH is 1. The molecule has 3 N–H and O–H groups in total. The van der Waals surface area contributed by atoms with E-state index >= 15 is 0 Å². The van der Waals surface area contributed by atoms with E-state index in [0.29, 0.717) is 0 Å². The van der Waals surface area contributed by atoms with Gasteiger partial charge in [-0.25, -0.2) is 0 Å². The van der Waals surface area contributed by atoms with Crippen LogP contribution in [0.1, 0.15) is 22.8 Å². The summed E-state index contributed by atoms with van der Waals surface area (Å²) in [5.74, 6) is 0. The van der Waals surface area contributed by atoms with Gasteiger partial charge in [-0.05, 0) is 25.0 Å². The van der Waals surface area contributed by atoms with Crippen LogP contribution in [0.4, 0.5) is 0 Å². The van der Waals surface area contributed by atoms with Crippen LogP contribution in [0.15, 0.2) is 18.2 Å². The van der Waals surface area contributed by atoms with Gasteiger partial charge in [-0.3, -0.25) is 0 Å². The van der Waals surface area contributed by atoms with Crippen molar-refractivity contribution in [1.82, 2.24) is 0 Å². The lowest BCUT2D eigenvalue weighted by atomic mass is 10.0. The second kappa shape index (κ2) is 3.70. The Bertz CT molecular complexity index is 271. The summed E-state index contributed by atoms with van der Waals surface area (Å²) in [6.07, 6.45) is -0.523. The molecule has 0 saturated carbocycles. The predicted molar refractivity (Wildman–Crippen MR) is 49.9 cm³/mol. The maximum atomic E-state index is 9.48. The molecular weight excluding hydrogens is 150 g/mol. The van der Waals surface area contributed by atoms with Crippen molar-refractivity contribution in [3.8, 4) is 0 Å². The molecule has 0 spiro atoms. The second-order valence-corrected chi connectivity index (χ2v) is 3.11. The summed E-state index contributed by atoms with van der Waals surface area (Å²) in [6, 6.07) is 5.97. The number of hydrogen-bond acceptors (Lipinski definition) is 2. The number of rotatable bonds is 2. The zero-order chi connectivity index (χ0) is 9.14. The highest BCUT2D eigenvalue weighted by Gasteiger charge is 2.07. The van der Waals surface area contributed by atoms with Crippen LogP contribution in [0.5, 0.6) is 0 Å². The van der Waals surface area contributed by atoms with Crippen LogP contribution in [0.25, 0.3) is 0 Å². The van der Waals surface area contributed by atoms with Crippen LogP contribution in [-0.2, 0) is 0 Å². The average molecular weight is 165 g/mol. The molecule has 12 heavy (non-hydrogen) atoms. The molecule has 0 amide bonds. The van der Waals surface area contributed by atoms with Crippen LogP contribution >= 0.6 is 0 Å². The van der Waals surface area contributed by atoms with Gasteiger partial charge in [-0.15, -0.1) is 0 Å². The summed E-state index contributed by atoms with van der Waals surface area (Å²) in [5, 5.41) is 9.48. The van der Waals surface area contributed by atoms with Crippen molar-refractivity contribution in [2.24, 2.45) is 5.73 Å². The van der Waals surface area contributed by atoms with E-state index in [0.717, 1.165) is 11.1 Å². The van der Waals surface area contributed by atoms with Crippen LogP contribution in [-0.4, -0.2) is 11.7 Å². The molecule has 0 heterocycles. The maximum absolute atomic E-state index is 9.48. The fourth-order valence-electron chi connectivity index (χ4n) is 1.33. The molecule has 0 aromatic heterocycles. The molecule has 0 aliphatic rings. The first-order valence-electron chi connectivity index (χ1n) is 4.10. The summed E-state index contributed by atoms with van der Waals surface area (Å²) in [5.41, 5.74) is 8.61. The molecule has 2 heteroatoms. The normalized spacial score (nSPS) is 13.0. The van der Waals surface area contributed by atoms with Crippen LogP contribution in [0.2, 0.25) is 0 Å². The Morgan fingerprint density at radius 3 is 2.58 bits per heavy atom. The second-order valence-electron chi connectivity index (χ2n) is 3.11. The van der Waals surface area contributed by atoms with Gasteiger partial charge in [0.05, 0.1) is 6.10 Å². The summed E-state index contributed by atoms with van der Waals surface area (Å²) < 4.78 is 0. The minimum absolute atomic E-state index is 0.282. The molecule has 0 aliphatic carbocycles. The Morgan fingerprint density at radius 2 is 2.08 bits per heavy atom. The van der Waals surface area contributed by atoms with E-state index in [1.807, 2.05) is 32.0 Å². The molecule has 1 aromatic carbocycles. The first-order chi connectivity index (χ1) is 5.65. The molecular formula is C10H15NO. The maximum Gasteiger partial charge on any atom is 0.0914 e. The third kappa shape index (κ3) is 1.84. The Morgan fingerprint density at radius 1 is 1.42 bits per heavy atom. The number of benzene rings is 1. The standard InChI is InChI=1S/C10H15NO/c1-7-3-4-9(8(2)5-7)10(12)6-11/h3-5,10,12H,6,11H2,1-2H3/t10-/m1/s1. The van der Waals surface area contributed by atoms with Gasteiger partial charge in [-0.2, -0.15) is 0 Å². The van der Waals surface area contributed by atoms with E-state index in [9.17, 15) is 5.11 Å². The fourth-order valence-corrected chi connectivity index (χ4v) is 1.33. The van der Waals surface area contributed by atoms with Crippen molar-refractivity contribution in [1.29, 1.82) is 0 Å². The minimum Gasteiger partial charge on any atom is -0.387 e. The van der Waals surface area contributed by atoms with Crippen molar-refractivity contribution in [3.05, 3.63) is 34.9 Å². The lowest BCUT2D eigenvalue weighted by Crippen LogP contribution is -2.12. The van der Waals surface area contributed by atoms with E-state index in [-0.39, 0.29) is 6.54 Å². The summed E-state index contributed by atoms with van der Waals surface area (Å²) in [4.78, 5) is 0.